The number of halogens is 1. The standard InChI is InChI=1S/C26H20ClNO6/c1-2-33-23-13-17(11-21(14-28)18-7-9-20(10-8-18)26(31)32)12-22(27)24(23)34-15-16-3-5-19(6-4-16)25(29)30/h3-13H,2,15H2,1H3,(H,29,30)(H,31,32)/b21-11-. The molecule has 0 saturated heterocycles. The van der Waals surface area contributed by atoms with E-state index in [1.54, 1.807) is 42.5 Å². The Labute approximate surface area is 201 Å². The minimum atomic E-state index is -1.05. The summed E-state index contributed by atoms with van der Waals surface area (Å²) in [6, 6.07) is 17.7. The lowest BCUT2D eigenvalue weighted by Gasteiger charge is -2.15. The van der Waals surface area contributed by atoms with Gasteiger partial charge in [0.2, 0.25) is 0 Å². The minimum absolute atomic E-state index is 0.127. The Bertz CT molecular complexity index is 1270. The number of nitrogens with zero attached hydrogens (tertiary/aromatic N) is 1. The summed E-state index contributed by atoms with van der Waals surface area (Å²) in [5.74, 6) is -1.34. The average Bonchev–Trinajstić information content (AvgIpc) is 2.82. The smallest absolute Gasteiger partial charge is 0.335 e. The van der Waals surface area contributed by atoms with Crippen LogP contribution < -0.4 is 9.47 Å². The molecule has 34 heavy (non-hydrogen) atoms. The molecule has 0 fully saturated rings. The van der Waals surface area contributed by atoms with E-state index >= 15 is 0 Å². The van der Waals surface area contributed by atoms with Gasteiger partial charge in [0.05, 0.1) is 34.4 Å². The molecule has 3 aromatic rings. The van der Waals surface area contributed by atoms with Gasteiger partial charge in [0.15, 0.2) is 11.5 Å². The molecule has 7 nitrogen and oxygen atoms in total. The number of allylic oxidation sites excluding steroid dienone is 1. The minimum Gasteiger partial charge on any atom is -0.490 e. The van der Waals surface area contributed by atoms with Crippen LogP contribution in [0.25, 0.3) is 11.6 Å². The third kappa shape index (κ3) is 5.94. The summed E-state index contributed by atoms with van der Waals surface area (Å²) >= 11 is 6.47. The van der Waals surface area contributed by atoms with Crippen molar-refractivity contribution in [3.05, 3.63) is 93.5 Å². The van der Waals surface area contributed by atoms with Crippen molar-refractivity contribution in [3.63, 3.8) is 0 Å². The molecule has 0 bridgehead atoms. The normalized spacial score (nSPS) is 10.9. The highest BCUT2D eigenvalue weighted by atomic mass is 35.5. The van der Waals surface area contributed by atoms with E-state index in [1.807, 2.05) is 6.92 Å². The van der Waals surface area contributed by atoms with Crippen LogP contribution in [0.15, 0.2) is 60.7 Å². The maximum absolute atomic E-state index is 11.1. The number of nitriles is 1. The zero-order valence-corrected chi connectivity index (χ0v) is 18.9. The van der Waals surface area contributed by atoms with Crippen molar-refractivity contribution in [3.8, 4) is 17.6 Å². The van der Waals surface area contributed by atoms with E-state index in [-0.39, 0.29) is 22.8 Å². The number of carbonyl (C=O) groups is 2. The van der Waals surface area contributed by atoms with Crippen molar-refractivity contribution in [1.29, 1.82) is 5.26 Å². The van der Waals surface area contributed by atoms with Gasteiger partial charge in [-0.25, -0.2) is 9.59 Å². The predicted octanol–water partition coefficient (Wildman–Crippen LogP) is 5.78. The summed E-state index contributed by atoms with van der Waals surface area (Å²) < 4.78 is 11.6. The van der Waals surface area contributed by atoms with E-state index in [0.717, 1.165) is 5.56 Å². The Morgan fingerprint density at radius 1 is 0.941 bits per heavy atom. The molecule has 0 atom stereocenters. The van der Waals surface area contributed by atoms with Gasteiger partial charge in [0, 0.05) is 0 Å². The molecule has 0 radical (unpaired) electrons. The fraction of sp³-hybridized carbons (Fsp3) is 0.115. The SMILES string of the molecule is CCOc1cc(/C=C(/C#N)c2ccc(C(=O)O)cc2)cc(Cl)c1OCc1ccc(C(=O)O)cc1. The summed E-state index contributed by atoms with van der Waals surface area (Å²) in [6.45, 7) is 2.32. The summed E-state index contributed by atoms with van der Waals surface area (Å²) in [7, 11) is 0. The number of hydrogen-bond donors (Lipinski definition) is 2. The Morgan fingerprint density at radius 2 is 1.50 bits per heavy atom. The maximum atomic E-state index is 11.1. The van der Waals surface area contributed by atoms with Crippen molar-refractivity contribution in [1.82, 2.24) is 0 Å². The number of hydrogen-bond acceptors (Lipinski definition) is 5. The fourth-order valence-corrected chi connectivity index (χ4v) is 3.39. The molecule has 0 aromatic heterocycles. The number of carboxylic acid groups (broad SMARTS) is 2. The molecule has 0 aliphatic heterocycles. The molecule has 3 aromatic carbocycles. The van der Waals surface area contributed by atoms with Crippen LogP contribution in [0.4, 0.5) is 0 Å². The Kier molecular flexibility index (Phi) is 7.91. The molecule has 0 aliphatic carbocycles. The molecule has 8 heteroatoms. The van der Waals surface area contributed by atoms with Gasteiger partial charge in [-0.05, 0) is 66.1 Å². The molecule has 0 unspecified atom stereocenters. The lowest BCUT2D eigenvalue weighted by atomic mass is 10.0. The largest absolute Gasteiger partial charge is 0.490 e. The Hall–Kier alpha value is -4.28. The maximum Gasteiger partial charge on any atom is 0.335 e. The lowest BCUT2D eigenvalue weighted by Crippen LogP contribution is -2.02. The van der Waals surface area contributed by atoms with Crippen molar-refractivity contribution >= 4 is 35.2 Å². The van der Waals surface area contributed by atoms with E-state index in [0.29, 0.717) is 34.8 Å². The van der Waals surface area contributed by atoms with Gasteiger partial charge < -0.3 is 19.7 Å². The molecular formula is C26H20ClNO6. The first kappa shape index (κ1) is 24.4. The van der Waals surface area contributed by atoms with E-state index in [1.165, 1.54) is 24.3 Å². The van der Waals surface area contributed by atoms with E-state index < -0.39 is 11.9 Å². The molecule has 2 N–H and O–H groups in total. The zero-order valence-electron chi connectivity index (χ0n) is 18.1. The lowest BCUT2D eigenvalue weighted by molar-refractivity contribution is 0.0686. The van der Waals surface area contributed by atoms with Crippen molar-refractivity contribution in [2.45, 2.75) is 13.5 Å². The van der Waals surface area contributed by atoms with Crippen LogP contribution in [-0.4, -0.2) is 28.8 Å². The first-order chi connectivity index (χ1) is 16.3. The third-order valence-electron chi connectivity index (χ3n) is 4.79. The predicted molar refractivity (Wildman–Crippen MR) is 127 cm³/mol. The number of rotatable bonds is 9. The molecule has 0 aliphatic rings. The first-order valence-electron chi connectivity index (χ1n) is 10.2. The van der Waals surface area contributed by atoms with Crippen LogP contribution in [0.2, 0.25) is 5.02 Å². The van der Waals surface area contributed by atoms with E-state index in [9.17, 15) is 14.9 Å². The Balaban J connectivity index is 1.87. The van der Waals surface area contributed by atoms with Gasteiger partial charge >= 0.3 is 11.9 Å². The number of ether oxygens (including phenoxy) is 2. The molecule has 172 valence electrons. The van der Waals surface area contributed by atoms with Crippen LogP contribution in [-0.2, 0) is 6.61 Å². The molecule has 0 spiro atoms. The number of benzene rings is 3. The van der Waals surface area contributed by atoms with E-state index in [2.05, 4.69) is 6.07 Å². The molecule has 0 saturated carbocycles. The average molecular weight is 478 g/mol. The van der Waals surface area contributed by atoms with Crippen molar-refractivity contribution in [2.24, 2.45) is 0 Å². The highest BCUT2D eigenvalue weighted by Crippen LogP contribution is 2.38. The van der Waals surface area contributed by atoms with E-state index in [4.69, 9.17) is 31.3 Å². The van der Waals surface area contributed by atoms with Crippen LogP contribution >= 0.6 is 11.6 Å². The van der Waals surface area contributed by atoms with Crippen LogP contribution in [0.1, 0.15) is 44.3 Å². The van der Waals surface area contributed by atoms with Crippen LogP contribution in [0.3, 0.4) is 0 Å². The quantitative estimate of drug-likeness (QED) is 0.296. The van der Waals surface area contributed by atoms with Gasteiger partial charge in [-0.2, -0.15) is 5.26 Å². The molecule has 3 rings (SSSR count). The van der Waals surface area contributed by atoms with Crippen molar-refractivity contribution < 1.29 is 29.3 Å². The molecule has 0 heterocycles. The van der Waals surface area contributed by atoms with Gasteiger partial charge in [-0.1, -0.05) is 35.9 Å². The summed E-state index contributed by atoms with van der Waals surface area (Å²) in [4.78, 5) is 22.1. The number of aromatic carboxylic acids is 2. The summed E-state index contributed by atoms with van der Waals surface area (Å²) in [5, 5.41) is 28.0. The van der Waals surface area contributed by atoms with Crippen LogP contribution in [0.5, 0.6) is 11.5 Å². The van der Waals surface area contributed by atoms with Gasteiger partial charge in [0.25, 0.3) is 0 Å². The number of carboxylic acids is 2. The summed E-state index contributed by atoms with van der Waals surface area (Å²) in [5.41, 5.74) is 2.55. The van der Waals surface area contributed by atoms with Crippen LogP contribution in [0, 0.1) is 11.3 Å². The molecule has 0 amide bonds. The highest BCUT2D eigenvalue weighted by Gasteiger charge is 2.14. The highest BCUT2D eigenvalue weighted by molar-refractivity contribution is 6.32. The second kappa shape index (κ2) is 11.0. The van der Waals surface area contributed by atoms with Gasteiger partial charge in [-0.15, -0.1) is 0 Å². The fourth-order valence-electron chi connectivity index (χ4n) is 3.11. The Morgan fingerprint density at radius 3 is 2.03 bits per heavy atom. The monoisotopic (exact) mass is 477 g/mol. The molecular weight excluding hydrogens is 458 g/mol. The second-order valence-corrected chi connectivity index (χ2v) is 7.51. The summed E-state index contributed by atoms with van der Waals surface area (Å²) in [6.07, 6.45) is 1.62. The van der Waals surface area contributed by atoms with Gasteiger partial charge in [-0.3, -0.25) is 0 Å². The third-order valence-corrected chi connectivity index (χ3v) is 5.07. The van der Waals surface area contributed by atoms with Gasteiger partial charge in [0.1, 0.15) is 6.61 Å². The zero-order chi connectivity index (χ0) is 24.7. The second-order valence-electron chi connectivity index (χ2n) is 7.11. The topological polar surface area (TPSA) is 117 Å². The first-order valence-corrected chi connectivity index (χ1v) is 10.6. The van der Waals surface area contributed by atoms with Crippen molar-refractivity contribution in [2.75, 3.05) is 6.61 Å².